The summed E-state index contributed by atoms with van der Waals surface area (Å²) in [6, 6.07) is 6.95. The predicted molar refractivity (Wildman–Crippen MR) is 87.6 cm³/mol. The van der Waals surface area contributed by atoms with Crippen molar-refractivity contribution in [2.45, 2.75) is 51.9 Å². The lowest BCUT2D eigenvalue weighted by Crippen LogP contribution is -2.11. The molecular weight excluding hydrogens is 296 g/mol. The van der Waals surface area contributed by atoms with E-state index < -0.39 is 0 Å². The maximum atomic E-state index is 11.8. The highest BCUT2D eigenvalue weighted by Gasteiger charge is 2.11. The summed E-state index contributed by atoms with van der Waals surface area (Å²) in [5.74, 6) is 0.252. The third-order valence-corrected chi connectivity index (χ3v) is 3.32. The van der Waals surface area contributed by atoms with Crippen molar-refractivity contribution >= 4 is 11.9 Å². The van der Waals surface area contributed by atoms with Crippen LogP contribution in [0.25, 0.3) is 0 Å². The molecule has 128 valence electrons. The molecule has 0 saturated heterocycles. The van der Waals surface area contributed by atoms with E-state index in [-0.39, 0.29) is 24.8 Å². The van der Waals surface area contributed by atoms with Gasteiger partial charge in [-0.2, -0.15) is 0 Å². The van der Waals surface area contributed by atoms with Gasteiger partial charge in [0.05, 0.1) is 13.7 Å². The van der Waals surface area contributed by atoms with Gasteiger partial charge >= 0.3 is 11.9 Å². The van der Waals surface area contributed by atoms with Gasteiger partial charge in [-0.15, -0.1) is 0 Å². The van der Waals surface area contributed by atoms with Crippen LogP contribution in [0.5, 0.6) is 11.5 Å². The molecule has 0 bridgehead atoms. The molecule has 0 radical (unpaired) electrons. The van der Waals surface area contributed by atoms with Crippen LogP contribution >= 0.6 is 0 Å². The first-order valence-corrected chi connectivity index (χ1v) is 8.16. The lowest BCUT2D eigenvalue weighted by molar-refractivity contribution is -0.144. The summed E-state index contributed by atoms with van der Waals surface area (Å²) in [5, 5.41) is 0. The normalized spacial score (nSPS) is 10.2. The van der Waals surface area contributed by atoms with Crippen molar-refractivity contribution in [1.29, 1.82) is 0 Å². The summed E-state index contributed by atoms with van der Waals surface area (Å²) >= 11 is 0. The minimum atomic E-state index is -0.384. The van der Waals surface area contributed by atoms with Gasteiger partial charge in [-0.05, 0) is 25.0 Å². The summed E-state index contributed by atoms with van der Waals surface area (Å²) in [6.45, 7) is 2.60. The van der Waals surface area contributed by atoms with Gasteiger partial charge in [0.1, 0.15) is 0 Å². The van der Waals surface area contributed by atoms with Gasteiger partial charge in [0.2, 0.25) is 0 Å². The Bertz CT molecular complexity index is 484. The van der Waals surface area contributed by atoms with E-state index in [0.717, 1.165) is 25.7 Å². The van der Waals surface area contributed by atoms with Crippen molar-refractivity contribution in [3.63, 3.8) is 0 Å². The predicted octanol–water partition coefficient (Wildman–Crippen LogP) is 3.89. The molecule has 0 saturated carbocycles. The van der Waals surface area contributed by atoms with Crippen LogP contribution in [-0.4, -0.2) is 25.7 Å². The van der Waals surface area contributed by atoms with Crippen molar-refractivity contribution in [3.8, 4) is 11.5 Å². The first-order chi connectivity index (χ1) is 11.2. The van der Waals surface area contributed by atoms with Crippen LogP contribution in [0.15, 0.2) is 24.3 Å². The second-order valence-corrected chi connectivity index (χ2v) is 5.26. The number of esters is 2. The molecule has 0 amide bonds. The van der Waals surface area contributed by atoms with Crippen LogP contribution in [-0.2, 0) is 14.3 Å². The number of para-hydroxylation sites is 2. The Morgan fingerprint density at radius 3 is 2.30 bits per heavy atom. The lowest BCUT2D eigenvalue weighted by atomic mass is 10.2. The number of methoxy groups -OCH3 is 1. The number of carbonyl (C=O) groups excluding carboxylic acids is 2. The van der Waals surface area contributed by atoms with E-state index in [2.05, 4.69) is 6.92 Å². The van der Waals surface area contributed by atoms with Crippen LogP contribution in [0.4, 0.5) is 0 Å². The summed E-state index contributed by atoms with van der Waals surface area (Å²) < 4.78 is 15.5. The Balaban J connectivity index is 2.17. The zero-order valence-corrected chi connectivity index (χ0v) is 14.0. The quantitative estimate of drug-likeness (QED) is 0.351. The molecule has 1 aromatic rings. The second-order valence-electron chi connectivity index (χ2n) is 5.26. The van der Waals surface area contributed by atoms with Gasteiger partial charge in [0.15, 0.2) is 11.5 Å². The molecule has 1 rings (SSSR count). The van der Waals surface area contributed by atoms with Crippen molar-refractivity contribution in [2.75, 3.05) is 13.7 Å². The maximum Gasteiger partial charge on any atom is 0.311 e. The first kappa shape index (κ1) is 19.0. The second kappa shape index (κ2) is 11.5. The van der Waals surface area contributed by atoms with E-state index in [4.69, 9.17) is 14.2 Å². The van der Waals surface area contributed by atoms with E-state index >= 15 is 0 Å². The molecule has 23 heavy (non-hydrogen) atoms. The van der Waals surface area contributed by atoms with Crippen LogP contribution in [0.2, 0.25) is 0 Å². The molecule has 0 unspecified atom stereocenters. The Labute approximate surface area is 137 Å². The first-order valence-electron chi connectivity index (χ1n) is 8.16. The zero-order chi connectivity index (χ0) is 16.9. The fourth-order valence-corrected chi connectivity index (χ4v) is 2.04. The number of ether oxygens (including phenoxy) is 3. The molecule has 0 heterocycles. The van der Waals surface area contributed by atoms with Crippen LogP contribution in [0, 0.1) is 0 Å². The Kier molecular flexibility index (Phi) is 9.52. The molecule has 0 aromatic heterocycles. The van der Waals surface area contributed by atoms with Crippen LogP contribution < -0.4 is 9.47 Å². The third kappa shape index (κ3) is 8.24. The van der Waals surface area contributed by atoms with Crippen molar-refractivity contribution in [1.82, 2.24) is 0 Å². The van der Waals surface area contributed by atoms with Gasteiger partial charge in [-0.1, -0.05) is 38.3 Å². The topological polar surface area (TPSA) is 61.8 Å². The monoisotopic (exact) mass is 322 g/mol. The SMILES string of the molecule is CCCCCCOC(=O)CCCC(=O)Oc1ccccc1OC. The van der Waals surface area contributed by atoms with Crippen molar-refractivity contribution in [3.05, 3.63) is 24.3 Å². The highest BCUT2D eigenvalue weighted by molar-refractivity contribution is 5.74. The van der Waals surface area contributed by atoms with Crippen LogP contribution in [0.1, 0.15) is 51.9 Å². The minimum Gasteiger partial charge on any atom is -0.493 e. The summed E-state index contributed by atoms with van der Waals surface area (Å²) in [7, 11) is 1.52. The molecule has 0 atom stereocenters. The smallest absolute Gasteiger partial charge is 0.311 e. The number of carbonyl (C=O) groups is 2. The molecule has 0 spiro atoms. The van der Waals surface area contributed by atoms with Crippen molar-refractivity contribution in [2.24, 2.45) is 0 Å². The Hall–Kier alpha value is -2.04. The fraction of sp³-hybridized carbons (Fsp3) is 0.556. The van der Waals surface area contributed by atoms with E-state index in [1.807, 2.05) is 0 Å². The molecule has 0 aliphatic rings. The lowest BCUT2D eigenvalue weighted by Gasteiger charge is -2.08. The molecule has 5 nitrogen and oxygen atoms in total. The number of rotatable bonds is 11. The largest absolute Gasteiger partial charge is 0.493 e. The fourth-order valence-electron chi connectivity index (χ4n) is 2.04. The van der Waals surface area contributed by atoms with Gasteiger partial charge in [-0.3, -0.25) is 9.59 Å². The number of unbranched alkanes of at least 4 members (excludes halogenated alkanes) is 3. The molecule has 0 aliphatic carbocycles. The molecule has 0 fully saturated rings. The molecule has 5 heteroatoms. The van der Waals surface area contributed by atoms with Gasteiger partial charge in [0, 0.05) is 12.8 Å². The molecular formula is C18H26O5. The Morgan fingerprint density at radius 2 is 1.61 bits per heavy atom. The number of benzene rings is 1. The standard InChI is InChI=1S/C18H26O5/c1-3-4-5-8-14-22-17(19)12-9-13-18(20)23-16-11-7-6-10-15(16)21-2/h6-7,10-11H,3-5,8-9,12-14H2,1-2H3. The van der Waals surface area contributed by atoms with Gasteiger partial charge in [-0.25, -0.2) is 0 Å². The molecule has 0 N–H and O–H groups in total. The highest BCUT2D eigenvalue weighted by atomic mass is 16.6. The van der Waals surface area contributed by atoms with Crippen molar-refractivity contribution < 1.29 is 23.8 Å². The van der Waals surface area contributed by atoms with E-state index in [1.54, 1.807) is 24.3 Å². The Morgan fingerprint density at radius 1 is 0.913 bits per heavy atom. The van der Waals surface area contributed by atoms with Gasteiger partial charge in [0.25, 0.3) is 0 Å². The summed E-state index contributed by atoms with van der Waals surface area (Å²) in [5.41, 5.74) is 0. The molecule has 0 aliphatic heterocycles. The molecule has 1 aromatic carbocycles. The van der Waals surface area contributed by atoms with E-state index in [0.29, 0.717) is 24.5 Å². The summed E-state index contributed by atoms with van der Waals surface area (Å²) in [4.78, 5) is 23.3. The average Bonchev–Trinajstić information content (AvgIpc) is 2.55. The maximum absolute atomic E-state index is 11.8. The highest BCUT2D eigenvalue weighted by Crippen LogP contribution is 2.26. The van der Waals surface area contributed by atoms with Crippen LogP contribution in [0.3, 0.4) is 0 Å². The van der Waals surface area contributed by atoms with Gasteiger partial charge < -0.3 is 14.2 Å². The minimum absolute atomic E-state index is 0.170. The number of hydrogen-bond acceptors (Lipinski definition) is 5. The summed E-state index contributed by atoms with van der Waals surface area (Å²) in [6.07, 6.45) is 5.11. The third-order valence-electron chi connectivity index (χ3n) is 3.32. The number of hydrogen-bond donors (Lipinski definition) is 0. The van der Waals surface area contributed by atoms with E-state index in [1.165, 1.54) is 7.11 Å². The zero-order valence-electron chi connectivity index (χ0n) is 14.0. The average molecular weight is 322 g/mol. The van der Waals surface area contributed by atoms with E-state index in [9.17, 15) is 9.59 Å².